The standard InChI is InChI=1S/C18H26FNO4/c1-2-24-18(22)17-9-5-6-10-20(17)11-15(21)13-23-12-14-7-3-4-8-16(14)19/h3-4,7-8,15,17,21H,2,5-6,9-13H2,1H3. The lowest BCUT2D eigenvalue weighted by Gasteiger charge is -2.35. The van der Waals surface area contributed by atoms with Crippen LogP contribution in [0, 0.1) is 5.82 Å². The molecule has 5 nitrogen and oxygen atoms in total. The maximum Gasteiger partial charge on any atom is 0.323 e. The molecule has 0 aliphatic carbocycles. The second-order valence-corrected chi connectivity index (χ2v) is 6.02. The van der Waals surface area contributed by atoms with Crippen molar-refractivity contribution in [2.45, 2.75) is 44.9 Å². The first-order valence-electron chi connectivity index (χ1n) is 8.51. The van der Waals surface area contributed by atoms with Crippen molar-refractivity contribution in [1.82, 2.24) is 4.90 Å². The first-order chi connectivity index (χ1) is 11.6. The maximum absolute atomic E-state index is 13.5. The Morgan fingerprint density at radius 1 is 1.42 bits per heavy atom. The Bertz CT molecular complexity index is 525. The molecule has 1 aromatic carbocycles. The lowest BCUT2D eigenvalue weighted by Crippen LogP contribution is -2.49. The van der Waals surface area contributed by atoms with Gasteiger partial charge in [-0.2, -0.15) is 0 Å². The Labute approximate surface area is 142 Å². The van der Waals surface area contributed by atoms with E-state index in [4.69, 9.17) is 9.47 Å². The van der Waals surface area contributed by atoms with Gasteiger partial charge in [0.15, 0.2) is 0 Å². The second kappa shape index (κ2) is 9.71. The number of aliphatic hydroxyl groups excluding tert-OH is 1. The number of hydrogen-bond donors (Lipinski definition) is 1. The molecule has 6 heteroatoms. The van der Waals surface area contributed by atoms with Gasteiger partial charge in [0.05, 0.1) is 25.9 Å². The van der Waals surface area contributed by atoms with Gasteiger partial charge in [-0.25, -0.2) is 4.39 Å². The van der Waals surface area contributed by atoms with Crippen LogP contribution in [0.1, 0.15) is 31.7 Å². The van der Waals surface area contributed by atoms with E-state index >= 15 is 0 Å². The normalized spacial score (nSPS) is 19.9. The lowest BCUT2D eigenvalue weighted by molar-refractivity contribution is -0.151. The second-order valence-electron chi connectivity index (χ2n) is 6.02. The van der Waals surface area contributed by atoms with Crippen molar-refractivity contribution in [1.29, 1.82) is 0 Å². The summed E-state index contributed by atoms with van der Waals surface area (Å²) in [6.07, 6.45) is 2.01. The Hall–Kier alpha value is -1.50. The predicted octanol–water partition coefficient (Wildman–Crippen LogP) is 2.12. The van der Waals surface area contributed by atoms with Crippen molar-refractivity contribution >= 4 is 5.97 Å². The molecule has 0 aromatic heterocycles. The molecule has 0 bridgehead atoms. The zero-order chi connectivity index (χ0) is 17.4. The van der Waals surface area contributed by atoms with Crippen molar-refractivity contribution in [2.24, 2.45) is 0 Å². The van der Waals surface area contributed by atoms with Crippen LogP contribution >= 0.6 is 0 Å². The summed E-state index contributed by atoms with van der Waals surface area (Å²) in [6.45, 7) is 3.47. The number of halogens is 1. The van der Waals surface area contributed by atoms with Gasteiger partial charge in [-0.3, -0.25) is 9.69 Å². The van der Waals surface area contributed by atoms with Crippen LogP contribution in [-0.4, -0.2) is 54.4 Å². The zero-order valence-electron chi connectivity index (χ0n) is 14.1. The number of rotatable bonds is 8. The highest BCUT2D eigenvalue weighted by molar-refractivity contribution is 5.75. The summed E-state index contributed by atoms with van der Waals surface area (Å²) in [5, 5.41) is 10.2. The number of carbonyl (C=O) groups excluding carboxylic acids is 1. The minimum Gasteiger partial charge on any atom is -0.465 e. The Morgan fingerprint density at radius 2 is 2.21 bits per heavy atom. The summed E-state index contributed by atoms with van der Waals surface area (Å²) < 4.78 is 24.0. The molecular weight excluding hydrogens is 313 g/mol. The minimum atomic E-state index is -0.730. The van der Waals surface area contributed by atoms with Crippen LogP contribution in [0.5, 0.6) is 0 Å². The van der Waals surface area contributed by atoms with Crippen molar-refractivity contribution in [3.05, 3.63) is 35.6 Å². The molecule has 1 heterocycles. The van der Waals surface area contributed by atoms with Crippen LogP contribution in [0.25, 0.3) is 0 Å². The molecule has 2 atom stereocenters. The van der Waals surface area contributed by atoms with E-state index in [0.717, 1.165) is 25.8 Å². The maximum atomic E-state index is 13.5. The third-order valence-corrected chi connectivity index (χ3v) is 4.14. The van der Waals surface area contributed by atoms with Gasteiger partial charge in [-0.1, -0.05) is 24.6 Å². The number of benzene rings is 1. The number of aliphatic hydroxyl groups is 1. The van der Waals surface area contributed by atoms with Crippen LogP contribution in [0.2, 0.25) is 0 Å². The molecule has 0 radical (unpaired) electrons. The third kappa shape index (κ3) is 5.54. The van der Waals surface area contributed by atoms with Gasteiger partial charge in [-0.15, -0.1) is 0 Å². The first-order valence-corrected chi connectivity index (χ1v) is 8.51. The number of ether oxygens (including phenoxy) is 2. The molecule has 24 heavy (non-hydrogen) atoms. The fourth-order valence-corrected chi connectivity index (χ4v) is 2.96. The highest BCUT2D eigenvalue weighted by atomic mass is 19.1. The average molecular weight is 339 g/mol. The van der Waals surface area contributed by atoms with Crippen molar-refractivity contribution in [3.8, 4) is 0 Å². The molecule has 1 fully saturated rings. The van der Waals surface area contributed by atoms with Gasteiger partial charge < -0.3 is 14.6 Å². The summed E-state index contributed by atoms with van der Waals surface area (Å²) in [5.74, 6) is -0.540. The number of nitrogens with zero attached hydrogens (tertiary/aromatic N) is 1. The summed E-state index contributed by atoms with van der Waals surface area (Å²) in [4.78, 5) is 14.0. The third-order valence-electron chi connectivity index (χ3n) is 4.14. The number of hydrogen-bond acceptors (Lipinski definition) is 5. The van der Waals surface area contributed by atoms with Crippen LogP contribution in [0.3, 0.4) is 0 Å². The van der Waals surface area contributed by atoms with Crippen molar-refractivity contribution in [3.63, 3.8) is 0 Å². The summed E-state index contributed by atoms with van der Waals surface area (Å²) in [5.41, 5.74) is 0.465. The fourth-order valence-electron chi connectivity index (χ4n) is 2.96. The van der Waals surface area contributed by atoms with E-state index in [2.05, 4.69) is 0 Å². The van der Waals surface area contributed by atoms with Gasteiger partial charge >= 0.3 is 5.97 Å². The molecule has 2 unspecified atom stereocenters. The molecule has 0 spiro atoms. The molecular formula is C18H26FNO4. The average Bonchev–Trinajstić information content (AvgIpc) is 2.57. The summed E-state index contributed by atoms with van der Waals surface area (Å²) in [7, 11) is 0. The van der Waals surface area contributed by atoms with Crippen LogP contribution in [0.15, 0.2) is 24.3 Å². The van der Waals surface area contributed by atoms with E-state index in [0.29, 0.717) is 18.7 Å². The fraction of sp³-hybridized carbons (Fsp3) is 0.611. The number of piperidine rings is 1. The molecule has 1 N–H and O–H groups in total. The minimum absolute atomic E-state index is 0.0976. The summed E-state index contributed by atoms with van der Waals surface area (Å²) in [6, 6.07) is 6.12. The van der Waals surface area contributed by atoms with E-state index in [-0.39, 0.29) is 31.0 Å². The molecule has 2 rings (SSSR count). The van der Waals surface area contributed by atoms with Gasteiger partial charge in [0, 0.05) is 12.1 Å². The van der Waals surface area contributed by atoms with Crippen LogP contribution in [-0.2, 0) is 20.9 Å². The number of likely N-dealkylation sites (tertiary alicyclic amines) is 1. The molecule has 134 valence electrons. The molecule has 1 saturated heterocycles. The van der Waals surface area contributed by atoms with Crippen molar-refractivity contribution < 1.29 is 23.8 Å². The van der Waals surface area contributed by atoms with Crippen LogP contribution < -0.4 is 0 Å². The van der Waals surface area contributed by atoms with E-state index < -0.39 is 6.10 Å². The number of β-amino-alcohol motifs (C(OH)–C–C–N with tert-alkyl or cyclic N) is 1. The first kappa shape index (κ1) is 18.8. The van der Waals surface area contributed by atoms with E-state index in [1.54, 1.807) is 25.1 Å². The SMILES string of the molecule is CCOC(=O)C1CCCCN1CC(O)COCc1ccccc1F. The van der Waals surface area contributed by atoms with Gasteiger partial charge in [0.25, 0.3) is 0 Å². The van der Waals surface area contributed by atoms with Crippen LogP contribution in [0.4, 0.5) is 4.39 Å². The van der Waals surface area contributed by atoms with E-state index in [9.17, 15) is 14.3 Å². The van der Waals surface area contributed by atoms with Gasteiger partial charge in [0.1, 0.15) is 11.9 Å². The Morgan fingerprint density at radius 3 is 2.96 bits per heavy atom. The monoisotopic (exact) mass is 339 g/mol. The largest absolute Gasteiger partial charge is 0.465 e. The van der Waals surface area contributed by atoms with Gasteiger partial charge in [-0.05, 0) is 32.4 Å². The molecule has 0 saturated carbocycles. The summed E-state index contributed by atoms with van der Waals surface area (Å²) >= 11 is 0. The lowest BCUT2D eigenvalue weighted by atomic mass is 10.0. The molecule has 1 aliphatic heterocycles. The highest BCUT2D eigenvalue weighted by Gasteiger charge is 2.30. The van der Waals surface area contributed by atoms with Crippen molar-refractivity contribution in [2.75, 3.05) is 26.3 Å². The highest BCUT2D eigenvalue weighted by Crippen LogP contribution is 2.18. The molecule has 0 amide bonds. The molecule has 1 aromatic rings. The topological polar surface area (TPSA) is 59.0 Å². The quantitative estimate of drug-likeness (QED) is 0.735. The van der Waals surface area contributed by atoms with E-state index in [1.165, 1.54) is 6.07 Å². The van der Waals surface area contributed by atoms with Gasteiger partial charge in [0.2, 0.25) is 0 Å². The number of esters is 1. The smallest absolute Gasteiger partial charge is 0.323 e. The van der Waals surface area contributed by atoms with E-state index in [1.807, 2.05) is 4.90 Å². The Kier molecular flexibility index (Phi) is 7.62. The zero-order valence-corrected chi connectivity index (χ0v) is 14.1. The number of carbonyl (C=O) groups is 1. The Balaban J connectivity index is 1.78. The predicted molar refractivity (Wildman–Crippen MR) is 87.9 cm³/mol. The molecule has 1 aliphatic rings.